The van der Waals surface area contributed by atoms with E-state index in [1.807, 2.05) is 0 Å². The second-order valence-corrected chi connectivity index (χ2v) is 8.86. The van der Waals surface area contributed by atoms with E-state index in [2.05, 4.69) is 10.6 Å². The number of carbonyl (C=O) groups excluding carboxylic acids is 3. The minimum Gasteiger partial charge on any atom is -0.465 e. The van der Waals surface area contributed by atoms with Gasteiger partial charge in [0.15, 0.2) is 5.11 Å². The number of rotatable bonds is 6. The topological polar surface area (TPSA) is 103 Å². The van der Waals surface area contributed by atoms with Crippen LogP contribution in [-0.4, -0.2) is 43.8 Å². The van der Waals surface area contributed by atoms with Crippen molar-refractivity contribution in [2.24, 2.45) is 0 Å². The summed E-state index contributed by atoms with van der Waals surface area (Å²) in [7, 11) is 2.51. The van der Waals surface area contributed by atoms with E-state index in [0.717, 1.165) is 37.7 Å². The van der Waals surface area contributed by atoms with Crippen LogP contribution in [0.4, 0.5) is 10.7 Å². The molecule has 1 aliphatic carbocycles. The number of hydrogen-bond donors (Lipinski definition) is 2. The van der Waals surface area contributed by atoms with Crippen LogP contribution in [0.1, 0.15) is 67.7 Å². The van der Waals surface area contributed by atoms with Crippen LogP contribution in [0.15, 0.2) is 18.2 Å². The van der Waals surface area contributed by atoms with Crippen LogP contribution in [0.3, 0.4) is 0 Å². The minimum atomic E-state index is -0.603. The molecular formula is C23H26N2O6S2. The van der Waals surface area contributed by atoms with Crippen molar-refractivity contribution in [3.05, 3.63) is 45.3 Å². The Kier molecular flexibility index (Phi) is 8.40. The van der Waals surface area contributed by atoms with Gasteiger partial charge in [0.1, 0.15) is 5.00 Å². The number of thiocarbonyl (C=S) groups is 1. The Morgan fingerprint density at radius 3 is 2.18 bits per heavy atom. The van der Waals surface area contributed by atoms with E-state index in [-0.39, 0.29) is 28.8 Å². The first-order valence-corrected chi connectivity index (χ1v) is 11.8. The summed E-state index contributed by atoms with van der Waals surface area (Å²) in [5.74, 6) is -1.58. The van der Waals surface area contributed by atoms with Crippen molar-refractivity contribution in [2.45, 2.75) is 39.0 Å². The first-order chi connectivity index (χ1) is 15.9. The van der Waals surface area contributed by atoms with Crippen LogP contribution >= 0.6 is 23.6 Å². The molecule has 0 fully saturated rings. The molecule has 10 heteroatoms. The lowest BCUT2D eigenvalue weighted by atomic mass is 10.1. The summed E-state index contributed by atoms with van der Waals surface area (Å²) in [4.78, 5) is 38.0. The zero-order valence-electron chi connectivity index (χ0n) is 18.7. The second-order valence-electron chi connectivity index (χ2n) is 7.35. The van der Waals surface area contributed by atoms with Crippen LogP contribution in [0.2, 0.25) is 0 Å². The zero-order valence-corrected chi connectivity index (χ0v) is 20.4. The maximum absolute atomic E-state index is 12.7. The van der Waals surface area contributed by atoms with E-state index in [4.69, 9.17) is 26.4 Å². The number of nitrogens with one attached hydrogen (secondary N) is 2. The number of methoxy groups -OCH3 is 2. The van der Waals surface area contributed by atoms with Crippen molar-refractivity contribution in [3.63, 3.8) is 0 Å². The molecule has 2 aromatic rings. The molecule has 3 rings (SSSR count). The number of benzene rings is 1. The van der Waals surface area contributed by atoms with Crippen LogP contribution in [0.5, 0.6) is 0 Å². The maximum atomic E-state index is 12.7. The van der Waals surface area contributed by atoms with Gasteiger partial charge in [0.25, 0.3) is 0 Å². The Labute approximate surface area is 201 Å². The largest absolute Gasteiger partial charge is 0.465 e. The molecular weight excluding hydrogens is 464 g/mol. The molecule has 0 aliphatic heterocycles. The number of ether oxygens (including phenoxy) is 3. The van der Waals surface area contributed by atoms with Gasteiger partial charge in [0.2, 0.25) is 0 Å². The van der Waals surface area contributed by atoms with E-state index >= 15 is 0 Å². The lowest BCUT2D eigenvalue weighted by Gasteiger charge is -2.13. The molecule has 0 unspecified atom stereocenters. The van der Waals surface area contributed by atoms with E-state index in [1.165, 1.54) is 48.6 Å². The predicted octanol–water partition coefficient (Wildman–Crippen LogP) is 4.58. The van der Waals surface area contributed by atoms with Gasteiger partial charge in [-0.25, -0.2) is 14.4 Å². The van der Waals surface area contributed by atoms with Crippen LogP contribution in [0, 0.1) is 0 Å². The first-order valence-electron chi connectivity index (χ1n) is 10.6. The molecule has 1 heterocycles. The van der Waals surface area contributed by atoms with Gasteiger partial charge >= 0.3 is 17.9 Å². The Bertz CT molecular complexity index is 1040. The van der Waals surface area contributed by atoms with Crippen LogP contribution in [-0.2, 0) is 27.1 Å². The molecule has 0 atom stereocenters. The molecule has 0 radical (unpaired) electrons. The second kappa shape index (κ2) is 11.2. The molecule has 1 aromatic carbocycles. The summed E-state index contributed by atoms with van der Waals surface area (Å²) >= 11 is 6.97. The SMILES string of the molecule is CCOC(=O)c1c(NC(=S)Nc2cc(C(=O)OC)cc(C(=O)OC)c2)sc2c1CCCCC2. The van der Waals surface area contributed by atoms with Gasteiger partial charge in [-0.05, 0) is 68.6 Å². The fourth-order valence-corrected chi connectivity index (χ4v) is 5.25. The van der Waals surface area contributed by atoms with Crippen molar-refractivity contribution in [1.82, 2.24) is 0 Å². The van der Waals surface area contributed by atoms with Gasteiger partial charge in [-0.2, -0.15) is 0 Å². The van der Waals surface area contributed by atoms with E-state index in [1.54, 1.807) is 6.92 Å². The molecule has 1 aliphatic rings. The van der Waals surface area contributed by atoms with Gasteiger partial charge in [-0.15, -0.1) is 11.3 Å². The normalized spacial score (nSPS) is 12.7. The molecule has 8 nitrogen and oxygen atoms in total. The lowest BCUT2D eigenvalue weighted by Crippen LogP contribution is -2.21. The monoisotopic (exact) mass is 490 g/mol. The number of fused-ring (bicyclic) bond motifs is 1. The third kappa shape index (κ3) is 5.88. The zero-order chi connectivity index (χ0) is 24.0. The van der Waals surface area contributed by atoms with E-state index in [0.29, 0.717) is 16.3 Å². The third-order valence-corrected chi connectivity index (χ3v) is 6.57. The van der Waals surface area contributed by atoms with Crippen molar-refractivity contribution in [2.75, 3.05) is 31.5 Å². The molecule has 0 bridgehead atoms. The van der Waals surface area contributed by atoms with Crippen molar-refractivity contribution in [1.29, 1.82) is 0 Å². The lowest BCUT2D eigenvalue weighted by molar-refractivity contribution is 0.0524. The van der Waals surface area contributed by atoms with E-state index < -0.39 is 11.9 Å². The molecule has 176 valence electrons. The highest BCUT2D eigenvalue weighted by molar-refractivity contribution is 7.80. The fraction of sp³-hybridized carbons (Fsp3) is 0.391. The summed E-state index contributed by atoms with van der Waals surface area (Å²) in [6.45, 7) is 2.05. The van der Waals surface area contributed by atoms with E-state index in [9.17, 15) is 14.4 Å². The quantitative estimate of drug-likeness (QED) is 0.261. The average Bonchev–Trinajstić information content (AvgIpc) is 2.97. The summed E-state index contributed by atoms with van der Waals surface area (Å²) in [6.07, 6.45) is 4.97. The van der Waals surface area contributed by atoms with Crippen LogP contribution < -0.4 is 10.6 Å². The minimum absolute atomic E-state index is 0.167. The fourth-order valence-electron chi connectivity index (χ4n) is 3.69. The van der Waals surface area contributed by atoms with Gasteiger partial charge in [-0.3, -0.25) is 0 Å². The molecule has 33 heavy (non-hydrogen) atoms. The van der Waals surface area contributed by atoms with Crippen molar-refractivity contribution < 1.29 is 28.6 Å². The predicted molar refractivity (Wildman–Crippen MR) is 130 cm³/mol. The molecule has 0 saturated heterocycles. The number of carbonyl (C=O) groups is 3. The number of aryl methyl sites for hydroxylation is 1. The smallest absolute Gasteiger partial charge is 0.341 e. The first kappa shape index (κ1) is 24.7. The number of esters is 3. The molecule has 0 saturated carbocycles. The Morgan fingerprint density at radius 1 is 0.939 bits per heavy atom. The Balaban J connectivity index is 1.88. The summed E-state index contributed by atoms with van der Waals surface area (Å²) < 4.78 is 14.8. The number of anilines is 2. The molecule has 1 aromatic heterocycles. The van der Waals surface area contributed by atoms with Crippen molar-refractivity contribution >= 4 is 57.3 Å². The molecule has 0 amide bonds. The van der Waals surface area contributed by atoms with Gasteiger partial charge in [0.05, 0.1) is 37.5 Å². The molecule has 0 spiro atoms. The highest BCUT2D eigenvalue weighted by Gasteiger charge is 2.26. The van der Waals surface area contributed by atoms with Crippen LogP contribution in [0.25, 0.3) is 0 Å². The summed E-state index contributed by atoms with van der Waals surface area (Å²) in [6, 6.07) is 4.42. The number of hydrogen-bond acceptors (Lipinski definition) is 8. The summed E-state index contributed by atoms with van der Waals surface area (Å²) in [5, 5.41) is 6.91. The van der Waals surface area contributed by atoms with Crippen molar-refractivity contribution in [3.8, 4) is 0 Å². The molecule has 2 N–H and O–H groups in total. The number of thiophene rings is 1. The van der Waals surface area contributed by atoms with Gasteiger partial charge in [-0.1, -0.05) is 6.42 Å². The highest BCUT2D eigenvalue weighted by Crippen LogP contribution is 2.38. The highest BCUT2D eigenvalue weighted by atomic mass is 32.1. The Morgan fingerprint density at radius 2 is 1.58 bits per heavy atom. The van der Waals surface area contributed by atoms with Gasteiger partial charge < -0.3 is 24.8 Å². The van der Waals surface area contributed by atoms with Gasteiger partial charge in [0, 0.05) is 10.6 Å². The maximum Gasteiger partial charge on any atom is 0.341 e. The standard InChI is InChI=1S/C23H26N2O6S2/c1-4-31-22(28)18-16-8-6-5-7-9-17(16)33-19(18)25-23(32)24-15-11-13(20(26)29-2)10-14(12-15)21(27)30-3/h10-12H,4-9H2,1-3H3,(H2,24,25,32). The summed E-state index contributed by atoms with van der Waals surface area (Å²) in [5.41, 5.74) is 2.29. The third-order valence-electron chi connectivity index (χ3n) is 5.16. The Hall–Kier alpha value is -2.98. The average molecular weight is 491 g/mol.